The van der Waals surface area contributed by atoms with E-state index in [1.54, 1.807) is 13.2 Å². The Labute approximate surface area is 218 Å². The minimum Gasteiger partial charge on any atom is -0.383 e. The van der Waals surface area contributed by atoms with Crippen LogP contribution in [0.1, 0.15) is 48.9 Å². The maximum absolute atomic E-state index is 13.7. The molecule has 1 N–H and O–H groups in total. The van der Waals surface area contributed by atoms with E-state index in [-0.39, 0.29) is 31.6 Å². The van der Waals surface area contributed by atoms with Crippen molar-refractivity contribution >= 4 is 5.91 Å². The number of fused-ring (bicyclic) bond motifs is 1. The molecule has 37 heavy (non-hydrogen) atoms. The van der Waals surface area contributed by atoms with Gasteiger partial charge < -0.3 is 29.0 Å². The molecule has 4 atom stereocenters. The number of nitriles is 1. The normalized spacial score (nSPS) is 26.3. The van der Waals surface area contributed by atoms with Crippen LogP contribution in [0.2, 0.25) is 0 Å². The number of carbonyl (C=O) groups is 1. The van der Waals surface area contributed by atoms with E-state index in [1.807, 2.05) is 63.2 Å². The molecular weight excluding hydrogens is 472 g/mol. The fraction of sp³-hybridized carbons (Fsp3) is 0.517. The van der Waals surface area contributed by atoms with E-state index in [0.717, 1.165) is 16.7 Å². The quantitative estimate of drug-likeness (QED) is 0.488. The van der Waals surface area contributed by atoms with Crippen molar-refractivity contribution in [2.45, 2.75) is 76.5 Å². The van der Waals surface area contributed by atoms with Gasteiger partial charge in [0.1, 0.15) is 6.10 Å². The maximum Gasteiger partial charge on any atom is 0.252 e. The highest BCUT2D eigenvalue weighted by molar-refractivity contribution is 5.85. The number of hydrogen-bond donors (Lipinski definition) is 1. The van der Waals surface area contributed by atoms with Crippen molar-refractivity contribution in [2.75, 3.05) is 20.3 Å². The summed E-state index contributed by atoms with van der Waals surface area (Å²) >= 11 is 0. The molecule has 2 aromatic rings. The van der Waals surface area contributed by atoms with Gasteiger partial charge in [0.2, 0.25) is 0 Å². The number of methoxy groups -OCH3 is 1. The number of benzene rings is 2. The monoisotopic (exact) mass is 508 g/mol. The number of nitrogens with one attached hydrogen (secondary N) is 1. The summed E-state index contributed by atoms with van der Waals surface area (Å²) in [5, 5.41) is 12.5. The molecule has 0 aromatic heterocycles. The van der Waals surface area contributed by atoms with E-state index in [0.29, 0.717) is 25.1 Å². The Morgan fingerprint density at radius 1 is 1.08 bits per heavy atom. The highest BCUT2D eigenvalue weighted by atomic mass is 16.8. The molecular formula is C29H36N2O6. The van der Waals surface area contributed by atoms with Crippen molar-refractivity contribution in [3.05, 3.63) is 70.8 Å². The number of nitrogens with zero attached hydrogens (tertiary/aromatic N) is 1. The zero-order chi connectivity index (χ0) is 26.5. The topological polar surface area (TPSA) is 99.0 Å². The van der Waals surface area contributed by atoms with Crippen molar-refractivity contribution in [1.29, 1.82) is 5.26 Å². The first-order chi connectivity index (χ1) is 17.8. The minimum absolute atomic E-state index is 0.209. The molecule has 1 aliphatic heterocycles. The van der Waals surface area contributed by atoms with Crippen LogP contribution >= 0.6 is 0 Å². The van der Waals surface area contributed by atoms with E-state index >= 15 is 0 Å². The van der Waals surface area contributed by atoms with Crippen LogP contribution < -0.4 is 5.32 Å². The van der Waals surface area contributed by atoms with Crippen LogP contribution in [0.5, 0.6) is 0 Å². The number of aryl methyl sites for hydroxylation is 1. The summed E-state index contributed by atoms with van der Waals surface area (Å²) in [4.78, 5) is 13.7. The molecule has 8 nitrogen and oxygen atoms in total. The molecule has 198 valence electrons. The molecule has 2 aromatic carbocycles. The number of hydrogen-bond acceptors (Lipinski definition) is 7. The average Bonchev–Trinajstić information content (AvgIpc) is 3.20. The summed E-state index contributed by atoms with van der Waals surface area (Å²) in [6.45, 7) is 6.99. The third-order valence-electron chi connectivity index (χ3n) is 7.01. The van der Waals surface area contributed by atoms with Gasteiger partial charge in [-0.15, -0.1) is 0 Å². The zero-order valence-corrected chi connectivity index (χ0v) is 22.0. The molecule has 0 bridgehead atoms. The Bertz CT molecular complexity index is 1130. The van der Waals surface area contributed by atoms with Crippen molar-refractivity contribution < 1.29 is 28.5 Å². The van der Waals surface area contributed by atoms with Crippen LogP contribution in [0.25, 0.3) is 0 Å². The molecule has 1 saturated heterocycles. The fourth-order valence-corrected chi connectivity index (χ4v) is 5.08. The molecule has 2 fully saturated rings. The zero-order valence-electron chi connectivity index (χ0n) is 22.0. The van der Waals surface area contributed by atoms with Crippen molar-refractivity contribution in [3.63, 3.8) is 0 Å². The maximum atomic E-state index is 13.7. The second kappa shape index (κ2) is 11.7. The Balaban J connectivity index is 1.62. The lowest BCUT2D eigenvalue weighted by Crippen LogP contribution is -2.60. The molecule has 2 aliphatic rings. The first-order valence-corrected chi connectivity index (χ1v) is 12.7. The predicted molar refractivity (Wildman–Crippen MR) is 136 cm³/mol. The Hall–Kier alpha value is -2.80. The van der Waals surface area contributed by atoms with Gasteiger partial charge in [0.05, 0.1) is 43.7 Å². The third-order valence-corrected chi connectivity index (χ3v) is 7.01. The van der Waals surface area contributed by atoms with E-state index in [2.05, 4.69) is 11.4 Å². The summed E-state index contributed by atoms with van der Waals surface area (Å²) in [5.41, 5.74) is 2.24. The number of carbonyl (C=O) groups excluding carboxylic acids is 1. The van der Waals surface area contributed by atoms with Gasteiger partial charge >= 0.3 is 0 Å². The Morgan fingerprint density at radius 2 is 1.81 bits per heavy atom. The van der Waals surface area contributed by atoms with Gasteiger partial charge in [-0.25, -0.2) is 0 Å². The van der Waals surface area contributed by atoms with Gasteiger partial charge in [0.15, 0.2) is 11.4 Å². The second-order valence-electron chi connectivity index (χ2n) is 10.1. The van der Waals surface area contributed by atoms with E-state index in [4.69, 9.17) is 23.7 Å². The van der Waals surface area contributed by atoms with Gasteiger partial charge in [-0.2, -0.15) is 5.26 Å². The number of ether oxygens (including phenoxy) is 5. The summed E-state index contributed by atoms with van der Waals surface area (Å²) in [6.07, 6.45) is -0.637. The first-order valence-electron chi connectivity index (χ1n) is 12.7. The van der Waals surface area contributed by atoms with Crippen LogP contribution in [-0.4, -0.2) is 55.9 Å². The van der Waals surface area contributed by atoms with Gasteiger partial charge in [0, 0.05) is 26.5 Å². The fourth-order valence-electron chi connectivity index (χ4n) is 5.08. The number of amides is 1. The van der Waals surface area contributed by atoms with Gasteiger partial charge in [-0.3, -0.25) is 4.79 Å². The van der Waals surface area contributed by atoms with Gasteiger partial charge in [-0.05, 0) is 43.5 Å². The molecule has 0 radical (unpaired) electrons. The average molecular weight is 509 g/mol. The summed E-state index contributed by atoms with van der Waals surface area (Å²) < 4.78 is 30.5. The lowest BCUT2D eigenvalue weighted by molar-refractivity contribution is -0.183. The van der Waals surface area contributed by atoms with Crippen LogP contribution in [-0.2, 0) is 41.7 Å². The van der Waals surface area contributed by atoms with Gasteiger partial charge in [0.25, 0.3) is 5.91 Å². The van der Waals surface area contributed by atoms with Crippen molar-refractivity contribution in [3.8, 4) is 6.07 Å². The lowest BCUT2D eigenvalue weighted by Gasteiger charge is -2.43. The lowest BCUT2D eigenvalue weighted by atomic mass is 9.78. The number of rotatable bonds is 10. The molecule has 0 spiro atoms. The van der Waals surface area contributed by atoms with Crippen molar-refractivity contribution in [1.82, 2.24) is 5.32 Å². The van der Waals surface area contributed by atoms with E-state index < -0.39 is 23.6 Å². The SMILES string of the molecule is COCCNC(=O)[C@@]1(OCc2ccccc2C)CC(OCc2ccccc2C#N)[C@@H]2OC(C)(C)O[C@@H]2C1. The standard InChI is InChI=1S/C29H36N2O6/c1-20-9-5-6-11-22(20)19-35-29(27(32)31-13-14-33-4)15-24(26-25(16-29)36-28(2,3)37-26)34-18-23-12-8-7-10-21(23)17-30/h5-12,24-26H,13-16,18-19H2,1-4H3,(H,31,32)/t24?,25-,26+,29-/m1/s1. The van der Waals surface area contributed by atoms with Crippen LogP contribution in [0.4, 0.5) is 0 Å². The molecule has 4 rings (SSSR count). The second-order valence-corrected chi connectivity index (χ2v) is 10.1. The van der Waals surface area contributed by atoms with E-state index in [9.17, 15) is 10.1 Å². The minimum atomic E-state index is -1.19. The van der Waals surface area contributed by atoms with E-state index in [1.165, 1.54) is 0 Å². The molecule has 1 heterocycles. The highest BCUT2D eigenvalue weighted by Crippen LogP contribution is 2.44. The molecule has 1 aliphatic carbocycles. The van der Waals surface area contributed by atoms with Crippen molar-refractivity contribution in [2.24, 2.45) is 0 Å². The molecule has 1 unspecified atom stereocenters. The van der Waals surface area contributed by atoms with Gasteiger partial charge in [-0.1, -0.05) is 42.5 Å². The summed E-state index contributed by atoms with van der Waals surface area (Å²) in [7, 11) is 1.59. The van der Waals surface area contributed by atoms with Crippen LogP contribution in [0.3, 0.4) is 0 Å². The summed E-state index contributed by atoms with van der Waals surface area (Å²) in [6, 6.07) is 17.5. The molecule has 1 amide bonds. The summed E-state index contributed by atoms with van der Waals surface area (Å²) in [5.74, 6) is -1.05. The van der Waals surface area contributed by atoms with Crippen LogP contribution in [0.15, 0.2) is 48.5 Å². The Kier molecular flexibility index (Phi) is 8.63. The molecule has 1 saturated carbocycles. The third kappa shape index (κ3) is 6.38. The highest BCUT2D eigenvalue weighted by Gasteiger charge is 2.58. The Morgan fingerprint density at radius 3 is 2.54 bits per heavy atom. The predicted octanol–water partition coefficient (Wildman–Crippen LogP) is 3.78. The largest absolute Gasteiger partial charge is 0.383 e. The smallest absolute Gasteiger partial charge is 0.252 e. The first kappa shape index (κ1) is 27.2. The van der Waals surface area contributed by atoms with Crippen LogP contribution in [0, 0.1) is 18.3 Å². The molecule has 8 heteroatoms.